The van der Waals surface area contributed by atoms with Gasteiger partial charge in [-0.25, -0.2) is 0 Å². The van der Waals surface area contributed by atoms with Crippen LogP contribution in [0.4, 0.5) is 0 Å². The molecule has 0 spiro atoms. The SMILES string of the molecule is BrC1=CC2C3C(C1)C23. The Morgan fingerprint density at radius 2 is 2.25 bits per heavy atom. The van der Waals surface area contributed by atoms with E-state index in [0.29, 0.717) is 0 Å². The molecule has 2 saturated carbocycles. The highest BCUT2D eigenvalue weighted by Gasteiger charge is 2.73. The molecule has 0 aromatic rings. The van der Waals surface area contributed by atoms with Gasteiger partial charge in [0.15, 0.2) is 0 Å². The second-order valence-electron chi connectivity index (χ2n) is 3.21. The summed E-state index contributed by atoms with van der Waals surface area (Å²) < 4.78 is 1.47. The van der Waals surface area contributed by atoms with Crippen LogP contribution in [-0.4, -0.2) is 0 Å². The van der Waals surface area contributed by atoms with Gasteiger partial charge in [0, 0.05) is 0 Å². The first-order chi connectivity index (χ1) is 3.88. The minimum Gasteiger partial charge on any atom is -0.0706 e. The van der Waals surface area contributed by atoms with Gasteiger partial charge in [0.25, 0.3) is 0 Å². The normalized spacial score (nSPS) is 63.9. The van der Waals surface area contributed by atoms with E-state index in [1.54, 1.807) is 0 Å². The lowest BCUT2D eigenvalue weighted by Gasteiger charge is -2.14. The van der Waals surface area contributed by atoms with Crippen molar-refractivity contribution in [1.29, 1.82) is 0 Å². The summed E-state index contributed by atoms with van der Waals surface area (Å²) in [6.07, 6.45) is 3.77. The zero-order valence-corrected chi connectivity index (χ0v) is 6.06. The first-order valence-corrected chi connectivity index (χ1v) is 4.03. The van der Waals surface area contributed by atoms with Crippen molar-refractivity contribution in [3.05, 3.63) is 10.6 Å². The van der Waals surface area contributed by atoms with Crippen molar-refractivity contribution in [2.75, 3.05) is 0 Å². The van der Waals surface area contributed by atoms with Crippen molar-refractivity contribution >= 4 is 15.9 Å². The Hall–Kier alpha value is 0.220. The molecule has 0 saturated heterocycles. The molecule has 2 fully saturated rings. The molecule has 2 bridgehead atoms. The average Bonchev–Trinajstić information content (AvgIpc) is 2.53. The largest absolute Gasteiger partial charge is 0.0706 e. The third kappa shape index (κ3) is 0.289. The molecule has 0 aromatic carbocycles. The number of halogens is 1. The second-order valence-corrected chi connectivity index (χ2v) is 4.23. The molecule has 0 N–H and O–H groups in total. The van der Waals surface area contributed by atoms with Crippen molar-refractivity contribution in [1.82, 2.24) is 0 Å². The minimum atomic E-state index is 1.03. The second kappa shape index (κ2) is 0.942. The van der Waals surface area contributed by atoms with Gasteiger partial charge >= 0.3 is 0 Å². The van der Waals surface area contributed by atoms with Crippen LogP contribution in [-0.2, 0) is 0 Å². The average molecular weight is 171 g/mol. The maximum Gasteiger partial charge on any atom is -0.00832 e. The van der Waals surface area contributed by atoms with Crippen LogP contribution in [0.25, 0.3) is 0 Å². The molecule has 2 atom stereocenters. The zero-order chi connectivity index (χ0) is 5.30. The fourth-order valence-corrected chi connectivity index (χ4v) is 2.91. The van der Waals surface area contributed by atoms with Gasteiger partial charge in [0.2, 0.25) is 0 Å². The molecule has 0 nitrogen and oxygen atoms in total. The van der Waals surface area contributed by atoms with E-state index in [9.17, 15) is 0 Å². The summed E-state index contributed by atoms with van der Waals surface area (Å²) in [5.74, 6) is 4.48. The molecule has 0 amide bonds. The van der Waals surface area contributed by atoms with Gasteiger partial charge in [-0.2, -0.15) is 0 Å². The highest BCUT2D eigenvalue weighted by atomic mass is 79.9. The maximum atomic E-state index is 3.53. The molecule has 1 heteroatoms. The summed E-state index contributed by atoms with van der Waals surface area (Å²) in [4.78, 5) is 0. The van der Waals surface area contributed by atoms with E-state index in [2.05, 4.69) is 22.0 Å². The Balaban J connectivity index is 2.05. The van der Waals surface area contributed by atoms with Gasteiger partial charge in [-0.1, -0.05) is 22.0 Å². The van der Waals surface area contributed by atoms with E-state index in [-0.39, 0.29) is 0 Å². The van der Waals surface area contributed by atoms with Crippen molar-refractivity contribution < 1.29 is 0 Å². The fourth-order valence-electron chi connectivity index (χ4n) is 2.23. The van der Waals surface area contributed by atoms with E-state index < -0.39 is 0 Å². The van der Waals surface area contributed by atoms with Crippen LogP contribution in [0.15, 0.2) is 10.6 Å². The van der Waals surface area contributed by atoms with Gasteiger partial charge in [0.05, 0.1) is 0 Å². The lowest BCUT2D eigenvalue weighted by Crippen LogP contribution is -2.04. The molecule has 4 aliphatic rings. The Bertz CT molecular complexity index is 173. The van der Waals surface area contributed by atoms with Crippen LogP contribution in [0.2, 0.25) is 0 Å². The highest BCUT2D eigenvalue weighted by molar-refractivity contribution is 9.11. The quantitative estimate of drug-likeness (QED) is 0.523. The van der Waals surface area contributed by atoms with Gasteiger partial charge in [-0.15, -0.1) is 0 Å². The summed E-state index contributed by atoms with van der Waals surface area (Å²) in [7, 11) is 0. The van der Waals surface area contributed by atoms with E-state index in [4.69, 9.17) is 0 Å². The summed E-state index contributed by atoms with van der Waals surface area (Å²) in [6.45, 7) is 0. The monoisotopic (exact) mass is 170 g/mol. The Morgan fingerprint density at radius 1 is 1.50 bits per heavy atom. The molecule has 2 unspecified atom stereocenters. The van der Waals surface area contributed by atoms with Crippen LogP contribution >= 0.6 is 15.9 Å². The summed E-state index contributed by atoms with van der Waals surface area (Å²) in [5, 5.41) is 0. The van der Waals surface area contributed by atoms with Crippen molar-refractivity contribution in [2.45, 2.75) is 6.42 Å². The topological polar surface area (TPSA) is 0 Å². The Morgan fingerprint density at radius 3 is 2.62 bits per heavy atom. The van der Waals surface area contributed by atoms with E-state index in [1.807, 2.05) is 0 Å². The number of allylic oxidation sites excluding steroid dienone is 2. The summed E-state index contributed by atoms with van der Waals surface area (Å²) in [6, 6.07) is 0. The summed E-state index contributed by atoms with van der Waals surface area (Å²) >= 11 is 3.53. The van der Waals surface area contributed by atoms with Crippen LogP contribution < -0.4 is 0 Å². The molecular formula is C7H7Br. The van der Waals surface area contributed by atoms with Gasteiger partial charge < -0.3 is 0 Å². The molecule has 42 valence electrons. The molecule has 0 aromatic heterocycles. The predicted molar refractivity (Wildman–Crippen MR) is 35.6 cm³/mol. The minimum absolute atomic E-state index is 1.03. The molecule has 0 aliphatic heterocycles. The molecule has 4 rings (SSSR count). The van der Waals surface area contributed by atoms with E-state index in [0.717, 1.165) is 23.7 Å². The smallest absolute Gasteiger partial charge is 0.00832 e. The third-order valence-corrected chi connectivity index (χ3v) is 3.43. The van der Waals surface area contributed by atoms with Gasteiger partial charge in [-0.3, -0.25) is 0 Å². The fraction of sp³-hybridized carbons (Fsp3) is 0.714. The summed E-state index contributed by atoms with van der Waals surface area (Å²) in [5.41, 5.74) is 0. The molecule has 0 heterocycles. The molecule has 0 radical (unpaired) electrons. The van der Waals surface area contributed by atoms with Crippen LogP contribution in [0.3, 0.4) is 0 Å². The van der Waals surface area contributed by atoms with Crippen molar-refractivity contribution in [3.63, 3.8) is 0 Å². The molecule has 4 aliphatic carbocycles. The Labute approximate surface area is 57.1 Å². The zero-order valence-electron chi connectivity index (χ0n) is 4.47. The predicted octanol–water partition coefficient (Wildman–Crippen LogP) is 2.16. The molecule has 8 heavy (non-hydrogen) atoms. The molecular weight excluding hydrogens is 164 g/mol. The van der Waals surface area contributed by atoms with Gasteiger partial charge in [0.1, 0.15) is 0 Å². The lowest BCUT2D eigenvalue weighted by atomic mass is 9.95. The van der Waals surface area contributed by atoms with E-state index in [1.165, 1.54) is 10.9 Å². The third-order valence-electron chi connectivity index (χ3n) is 2.84. The lowest BCUT2D eigenvalue weighted by molar-refractivity contribution is 0.513. The van der Waals surface area contributed by atoms with E-state index >= 15 is 0 Å². The van der Waals surface area contributed by atoms with Crippen LogP contribution in [0.1, 0.15) is 6.42 Å². The van der Waals surface area contributed by atoms with Gasteiger partial charge in [-0.05, 0) is 34.6 Å². The van der Waals surface area contributed by atoms with Crippen molar-refractivity contribution in [3.8, 4) is 0 Å². The first kappa shape index (κ1) is 4.10. The first-order valence-electron chi connectivity index (χ1n) is 3.24. The van der Waals surface area contributed by atoms with Crippen molar-refractivity contribution in [2.24, 2.45) is 23.7 Å². The van der Waals surface area contributed by atoms with Crippen LogP contribution in [0.5, 0.6) is 0 Å². The maximum absolute atomic E-state index is 3.53. The number of hydrogen-bond donors (Lipinski definition) is 0. The number of hydrogen-bond acceptors (Lipinski definition) is 0. The Kier molecular flexibility index (Phi) is 0.483. The standard InChI is InChI=1S/C7H7Br/c8-3-1-4-6-5(2-3)7(4)6/h1,4-7H,2H2. The highest BCUT2D eigenvalue weighted by Crippen LogP contribution is 2.78. The number of rotatable bonds is 0. The van der Waals surface area contributed by atoms with Crippen LogP contribution in [0, 0.1) is 23.7 Å². The number of fused-ring (bicyclic) bond motifs is 1.